The Labute approximate surface area is 125 Å². The maximum atomic E-state index is 13.4. The normalized spacial score (nSPS) is 11.1. The number of hydrogen-bond donors (Lipinski definition) is 1. The van der Waals surface area contributed by atoms with Gasteiger partial charge in [0.15, 0.2) is 0 Å². The lowest BCUT2D eigenvalue weighted by Gasteiger charge is -2.06. The van der Waals surface area contributed by atoms with Crippen molar-refractivity contribution in [1.82, 2.24) is 9.97 Å². The Morgan fingerprint density at radius 2 is 1.95 bits per heavy atom. The van der Waals surface area contributed by atoms with E-state index in [0.717, 1.165) is 16.7 Å². The fourth-order valence-corrected chi connectivity index (χ4v) is 2.46. The maximum absolute atomic E-state index is 13.4. The van der Waals surface area contributed by atoms with Crippen LogP contribution in [0.25, 0.3) is 21.9 Å². The molecule has 0 fully saturated rings. The zero-order valence-electron chi connectivity index (χ0n) is 11.6. The van der Waals surface area contributed by atoms with E-state index in [4.69, 9.17) is 4.42 Å². The van der Waals surface area contributed by atoms with E-state index in [1.807, 2.05) is 30.3 Å². The molecule has 0 aliphatic carbocycles. The Bertz CT molecular complexity index is 931. The number of aromatic nitrogens is 2. The number of rotatable bonds is 3. The number of furan rings is 1. The maximum Gasteiger partial charge on any atom is 0.137 e. The van der Waals surface area contributed by atoms with Gasteiger partial charge in [0.25, 0.3) is 0 Å². The van der Waals surface area contributed by atoms with Crippen molar-refractivity contribution in [1.29, 1.82) is 0 Å². The van der Waals surface area contributed by atoms with Gasteiger partial charge in [0.1, 0.15) is 29.3 Å². The lowest BCUT2D eigenvalue weighted by atomic mass is 10.2. The number of hydrogen-bond acceptors (Lipinski definition) is 4. The molecule has 0 aliphatic rings. The van der Waals surface area contributed by atoms with E-state index >= 15 is 0 Å². The van der Waals surface area contributed by atoms with Gasteiger partial charge in [-0.1, -0.05) is 18.2 Å². The molecular weight excluding hydrogens is 281 g/mol. The molecule has 0 atom stereocenters. The molecular formula is C17H12FN3O. The van der Waals surface area contributed by atoms with Crippen LogP contribution in [-0.4, -0.2) is 9.97 Å². The molecule has 1 N–H and O–H groups in total. The van der Waals surface area contributed by atoms with Crippen LogP contribution in [0, 0.1) is 5.82 Å². The quantitative estimate of drug-likeness (QED) is 0.617. The average molecular weight is 293 g/mol. The van der Waals surface area contributed by atoms with Crippen molar-refractivity contribution in [2.75, 3.05) is 5.32 Å². The number of nitrogens with one attached hydrogen (secondary N) is 1. The molecule has 4 nitrogen and oxygen atoms in total. The number of fused-ring (bicyclic) bond motifs is 2. The van der Waals surface area contributed by atoms with E-state index in [2.05, 4.69) is 15.3 Å². The molecule has 0 radical (unpaired) electrons. The fourth-order valence-electron chi connectivity index (χ4n) is 2.46. The summed E-state index contributed by atoms with van der Waals surface area (Å²) in [6.07, 6.45) is 1.46. The predicted molar refractivity (Wildman–Crippen MR) is 83.0 cm³/mol. The van der Waals surface area contributed by atoms with Crippen molar-refractivity contribution in [2.45, 2.75) is 6.54 Å². The zero-order valence-corrected chi connectivity index (χ0v) is 11.6. The van der Waals surface area contributed by atoms with Crippen LogP contribution in [0.3, 0.4) is 0 Å². The van der Waals surface area contributed by atoms with E-state index in [1.54, 1.807) is 6.07 Å². The molecule has 0 aliphatic heterocycles. The second kappa shape index (κ2) is 5.11. The number of para-hydroxylation sites is 1. The molecule has 4 rings (SSSR count). The van der Waals surface area contributed by atoms with Gasteiger partial charge in [-0.3, -0.25) is 0 Å². The highest BCUT2D eigenvalue weighted by Crippen LogP contribution is 2.23. The highest BCUT2D eigenvalue weighted by Gasteiger charge is 2.07. The largest absolute Gasteiger partial charge is 0.459 e. The molecule has 0 amide bonds. The van der Waals surface area contributed by atoms with Crippen LogP contribution in [0.4, 0.5) is 10.2 Å². The van der Waals surface area contributed by atoms with Crippen molar-refractivity contribution in [3.8, 4) is 0 Å². The van der Waals surface area contributed by atoms with E-state index in [1.165, 1.54) is 18.5 Å². The molecule has 22 heavy (non-hydrogen) atoms. The lowest BCUT2D eigenvalue weighted by Crippen LogP contribution is -2.01. The van der Waals surface area contributed by atoms with Gasteiger partial charge in [-0.05, 0) is 30.3 Å². The monoisotopic (exact) mass is 293 g/mol. The average Bonchev–Trinajstić information content (AvgIpc) is 2.95. The number of nitrogens with zero attached hydrogens (tertiary/aromatic N) is 2. The molecule has 0 spiro atoms. The summed E-state index contributed by atoms with van der Waals surface area (Å²) in [6.45, 7) is 0.470. The third-order valence-corrected chi connectivity index (χ3v) is 3.50. The van der Waals surface area contributed by atoms with E-state index in [-0.39, 0.29) is 5.82 Å². The molecule has 2 aromatic heterocycles. The number of anilines is 1. The molecule has 108 valence electrons. The molecule has 4 aromatic rings. The highest BCUT2D eigenvalue weighted by molar-refractivity contribution is 5.88. The fraction of sp³-hybridized carbons (Fsp3) is 0.0588. The Balaban J connectivity index is 1.64. The first kappa shape index (κ1) is 12.8. The minimum Gasteiger partial charge on any atom is -0.459 e. The Hall–Kier alpha value is -2.95. The van der Waals surface area contributed by atoms with Gasteiger partial charge in [0.2, 0.25) is 0 Å². The topological polar surface area (TPSA) is 51.0 Å². The van der Waals surface area contributed by atoms with Gasteiger partial charge in [0, 0.05) is 10.8 Å². The summed E-state index contributed by atoms with van der Waals surface area (Å²) in [5, 5.41) is 4.89. The molecule has 0 saturated carbocycles. The van der Waals surface area contributed by atoms with Crippen molar-refractivity contribution in [3.05, 3.63) is 66.4 Å². The SMILES string of the molecule is Fc1ccc2ncnc(NCc3cc4ccccc4o3)c2c1. The molecule has 0 bridgehead atoms. The lowest BCUT2D eigenvalue weighted by molar-refractivity contribution is 0.559. The van der Waals surface area contributed by atoms with Gasteiger partial charge >= 0.3 is 0 Å². The molecule has 0 unspecified atom stereocenters. The Morgan fingerprint density at radius 3 is 2.86 bits per heavy atom. The van der Waals surface area contributed by atoms with E-state index in [0.29, 0.717) is 23.3 Å². The summed E-state index contributed by atoms with van der Waals surface area (Å²) >= 11 is 0. The van der Waals surface area contributed by atoms with E-state index < -0.39 is 0 Å². The molecule has 0 saturated heterocycles. The molecule has 2 heterocycles. The zero-order chi connectivity index (χ0) is 14.9. The Kier molecular flexibility index (Phi) is 2.96. The van der Waals surface area contributed by atoms with Crippen molar-refractivity contribution < 1.29 is 8.81 Å². The van der Waals surface area contributed by atoms with Gasteiger partial charge in [-0.15, -0.1) is 0 Å². The highest BCUT2D eigenvalue weighted by atomic mass is 19.1. The Morgan fingerprint density at radius 1 is 1.05 bits per heavy atom. The minimum atomic E-state index is -0.311. The first-order chi connectivity index (χ1) is 10.8. The second-order valence-corrected chi connectivity index (χ2v) is 4.99. The summed E-state index contributed by atoms with van der Waals surface area (Å²) in [4.78, 5) is 8.32. The van der Waals surface area contributed by atoms with Crippen LogP contribution in [0.2, 0.25) is 0 Å². The summed E-state index contributed by atoms with van der Waals surface area (Å²) < 4.78 is 19.2. The summed E-state index contributed by atoms with van der Waals surface area (Å²) in [5.41, 5.74) is 1.54. The van der Waals surface area contributed by atoms with Crippen LogP contribution in [0.1, 0.15) is 5.76 Å². The second-order valence-electron chi connectivity index (χ2n) is 4.99. The van der Waals surface area contributed by atoms with Gasteiger partial charge in [-0.2, -0.15) is 0 Å². The van der Waals surface area contributed by atoms with Crippen LogP contribution in [-0.2, 0) is 6.54 Å². The summed E-state index contributed by atoms with van der Waals surface area (Å²) in [6, 6.07) is 14.3. The van der Waals surface area contributed by atoms with Crippen LogP contribution in [0.5, 0.6) is 0 Å². The number of halogens is 1. The molecule has 2 aromatic carbocycles. The van der Waals surface area contributed by atoms with Crippen molar-refractivity contribution in [3.63, 3.8) is 0 Å². The smallest absolute Gasteiger partial charge is 0.137 e. The molecule has 5 heteroatoms. The predicted octanol–water partition coefficient (Wildman–Crippen LogP) is 4.13. The van der Waals surface area contributed by atoms with Crippen molar-refractivity contribution >= 4 is 27.7 Å². The van der Waals surface area contributed by atoms with E-state index in [9.17, 15) is 4.39 Å². The summed E-state index contributed by atoms with van der Waals surface area (Å²) in [5.74, 6) is 1.07. The third kappa shape index (κ3) is 2.26. The first-order valence-corrected chi connectivity index (χ1v) is 6.91. The van der Waals surface area contributed by atoms with Gasteiger partial charge in [-0.25, -0.2) is 14.4 Å². The van der Waals surface area contributed by atoms with Crippen molar-refractivity contribution in [2.24, 2.45) is 0 Å². The standard InChI is InChI=1S/C17H12FN3O/c18-12-5-6-15-14(8-12)17(21-10-20-15)19-9-13-7-11-3-1-2-4-16(11)22-13/h1-8,10H,9H2,(H,19,20,21). The minimum absolute atomic E-state index is 0.311. The van der Waals surface area contributed by atoms with Gasteiger partial charge in [0.05, 0.1) is 12.1 Å². The summed E-state index contributed by atoms with van der Waals surface area (Å²) in [7, 11) is 0. The van der Waals surface area contributed by atoms with Crippen LogP contribution in [0.15, 0.2) is 59.3 Å². The van der Waals surface area contributed by atoms with Gasteiger partial charge < -0.3 is 9.73 Å². The number of benzene rings is 2. The third-order valence-electron chi connectivity index (χ3n) is 3.50. The van der Waals surface area contributed by atoms with Crippen LogP contribution < -0.4 is 5.32 Å². The van der Waals surface area contributed by atoms with Crippen LogP contribution >= 0.6 is 0 Å². The first-order valence-electron chi connectivity index (χ1n) is 6.91.